The summed E-state index contributed by atoms with van der Waals surface area (Å²) in [5, 5.41) is 94.6. The fraction of sp³-hybridized carbons (Fsp3) is 0.518. The highest BCUT2D eigenvalue weighted by molar-refractivity contribution is 7.99. The molecule has 0 spiro atoms. The lowest BCUT2D eigenvalue weighted by Gasteiger charge is -2.40. The lowest BCUT2D eigenvalue weighted by molar-refractivity contribution is -0.200. The maximum Gasteiger partial charge on any atom is 0.132 e. The molecule has 9 aromatic rings. The van der Waals surface area contributed by atoms with Gasteiger partial charge in [-0.1, -0.05) is 143 Å². The zero-order valence-electron chi connectivity index (χ0n) is 83.3. The Labute approximate surface area is 854 Å². The third-order valence-electron chi connectivity index (χ3n) is 30.0. The number of halogens is 5. The van der Waals surface area contributed by atoms with Gasteiger partial charge in [0.1, 0.15) is 173 Å². The molecule has 27 atom stereocenters. The van der Waals surface area contributed by atoms with Crippen LogP contribution in [0.15, 0.2) is 176 Å². The highest BCUT2D eigenvalue weighted by Gasteiger charge is 2.49. The van der Waals surface area contributed by atoms with E-state index in [1.807, 2.05) is 92.9 Å². The quantitative estimate of drug-likeness (QED) is 0.0213. The number of hydrogen-bond donors (Lipinski definition) is 12. The molecule has 9 aliphatic rings. The molecule has 15 N–H and O–H groups in total. The van der Waals surface area contributed by atoms with Gasteiger partial charge in [0.25, 0.3) is 0 Å². The van der Waals surface area contributed by atoms with Gasteiger partial charge in [0.15, 0.2) is 0 Å². The van der Waals surface area contributed by atoms with E-state index in [0.29, 0.717) is 63.4 Å². The van der Waals surface area contributed by atoms with Crippen LogP contribution in [0, 0.1) is 42.9 Å². The maximum atomic E-state index is 14.5. The standard InChI is InChI=1S/C38H49FN2O6S.2C37H46F2N2O6S/c1-21(2)29-11-8-24(36-34(43)33(42)35(44)38(47-36)48-4)17-25(29)16-23-6-9-27(10-7-23)46-28-13-14-41(19-28)26-18-32(40)37(45-20-26)30-15-22(3)5-12-31(30)39;1-20(2)28-10-6-22(35-33(43)32(42)34(44)37(47-35)48-3)15-23(28)14-21-4-8-26(9-5-21)46-27-12-13-41(18-27)25-17-31(40)36(45-19-25)29-16-24(38)7-11-30(29)39;1-4-22-6-7-23(35-33(43)32(42)34(44)37(47-35)48-3)15-24(22)14-21-5-10-31(20(2)13-21)46-27-11-12-41(18-27)26-17-30(40)36(45-19-26)28-16-25(38)8-9-29(28)39/h5-12,15,17,21,26,28,32-38,42-44H,13-14,16,18-20,40H2,1-4H3;4-11,15-16,20,25,27,31-37,42-44H,12-14,17-19,40H2,1-3H3;5-10,13,15-16,26-27,30,32-37,42-44H,4,11-12,14,17-19,40H2,1-3H3/t26-,28+,32-,33+,34+,35-,36-,37+,38+;25-,27-,31+,32-,33-,34+,35+,36-,37-;26-,27-,30+,32-,33-,34+,35+,36-,37-/m011/s1. The fourth-order valence-electron chi connectivity index (χ4n) is 22.0. The first-order chi connectivity index (χ1) is 69.1. The summed E-state index contributed by atoms with van der Waals surface area (Å²) >= 11 is 3.92. The van der Waals surface area contributed by atoms with E-state index in [1.165, 1.54) is 70.2 Å². The van der Waals surface area contributed by atoms with E-state index < -0.39 is 143 Å². The van der Waals surface area contributed by atoms with Crippen molar-refractivity contribution in [2.75, 3.05) is 77.9 Å². The van der Waals surface area contributed by atoms with Crippen molar-refractivity contribution in [1.82, 2.24) is 14.7 Å². The van der Waals surface area contributed by atoms with Crippen LogP contribution in [-0.4, -0.2) is 264 Å². The van der Waals surface area contributed by atoms with Crippen molar-refractivity contribution in [2.45, 2.75) is 287 Å². The van der Waals surface area contributed by atoms with Gasteiger partial charge in [-0.2, -0.15) is 0 Å². The third kappa shape index (κ3) is 25.6. The molecular formula is C112H141F5N6O18S3. The van der Waals surface area contributed by atoms with Gasteiger partial charge in [-0.05, 0) is 254 Å². The van der Waals surface area contributed by atoms with E-state index in [0.717, 1.165) is 174 Å². The first-order valence-electron chi connectivity index (χ1n) is 50.4. The van der Waals surface area contributed by atoms with Crippen LogP contribution in [0.1, 0.15) is 216 Å². The number of thioether (sulfide) groups is 3. The summed E-state index contributed by atoms with van der Waals surface area (Å²) in [6, 6.07) is 51.7. The molecule has 9 heterocycles. The van der Waals surface area contributed by atoms with Crippen molar-refractivity contribution in [3.05, 3.63) is 300 Å². The van der Waals surface area contributed by atoms with Crippen molar-refractivity contribution >= 4 is 35.3 Å². The minimum atomic E-state index is -1.30. The molecule has 9 aliphatic heterocycles. The van der Waals surface area contributed by atoms with Crippen molar-refractivity contribution in [2.24, 2.45) is 17.2 Å². The molecule has 780 valence electrons. The first-order valence-corrected chi connectivity index (χ1v) is 54.3. The molecule has 0 bridgehead atoms. The lowest BCUT2D eigenvalue weighted by atomic mass is 9.88. The third-order valence-corrected chi connectivity index (χ3v) is 32.6. The van der Waals surface area contributed by atoms with Gasteiger partial charge in [0.2, 0.25) is 0 Å². The Morgan fingerprint density at radius 2 is 0.715 bits per heavy atom. The lowest BCUT2D eigenvalue weighted by Crippen LogP contribution is -2.52. The summed E-state index contributed by atoms with van der Waals surface area (Å²) in [5.41, 5.74) is 33.0. The predicted molar refractivity (Wildman–Crippen MR) is 548 cm³/mol. The van der Waals surface area contributed by atoms with Crippen LogP contribution in [0.3, 0.4) is 0 Å². The normalized spacial score (nSPS) is 31.3. The zero-order valence-corrected chi connectivity index (χ0v) is 85.8. The Morgan fingerprint density at radius 3 is 1.08 bits per heavy atom. The highest BCUT2D eigenvalue weighted by Crippen LogP contribution is 2.45. The van der Waals surface area contributed by atoms with Crippen LogP contribution in [0.5, 0.6) is 17.2 Å². The number of benzene rings is 9. The molecule has 0 saturated carbocycles. The summed E-state index contributed by atoms with van der Waals surface area (Å²) < 4.78 is 126. The van der Waals surface area contributed by atoms with E-state index in [1.54, 1.807) is 18.6 Å². The topological polar surface area (TPSA) is 353 Å². The molecule has 9 fully saturated rings. The number of nitrogens with two attached hydrogens (primary N) is 3. The van der Waals surface area contributed by atoms with Crippen molar-refractivity contribution in [3.8, 4) is 17.2 Å². The van der Waals surface area contributed by atoms with E-state index in [4.69, 9.17) is 59.8 Å². The second-order valence-corrected chi connectivity index (χ2v) is 43.6. The molecule has 0 amide bonds. The van der Waals surface area contributed by atoms with Gasteiger partial charge < -0.3 is 106 Å². The molecule has 9 saturated heterocycles. The Morgan fingerprint density at radius 1 is 0.368 bits per heavy atom. The summed E-state index contributed by atoms with van der Waals surface area (Å²) in [7, 11) is 0. The summed E-state index contributed by atoms with van der Waals surface area (Å²) in [6.07, 6.45) is -2.12. The maximum absolute atomic E-state index is 14.5. The van der Waals surface area contributed by atoms with Crippen LogP contribution >= 0.6 is 35.3 Å². The average molecular weight is 2050 g/mol. The summed E-state index contributed by atoms with van der Waals surface area (Å²) in [6.45, 7) is 20.8. The molecule has 9 aromatic carbocycles. The SMILES string of the molecule is CCc1ccc([C@@H]2O[C@H](SC)[C@@H](O)[C@H](O)[C@H]2O)cc1Cc1ccc(O[C@@H]2CCN([C@H]3CO[C@H](c4cc(F)ccc4F)[C@@H](N)C3)C2)c(C)c1.CS[C@H]1O[C@@H](c2ccc(C(C)C)c(Cc3ccc(O[C@@H]4CCN([C@@H]5CO[C@H](c6cc(C)ccc6F)[C@@H](N)C5)C4)cc3)c2)[C@H](O)[C@@H](O)[C@@H]1O.CS[C@H]1O[C@@H](c2ccc(C(C)C)c(Cc3ccc(O[C@@H]4CCN([C@H]5CO[C@H](c6cc(F)ccc6F)[C@@H](N)C5)C4)cc3)c2)[C@H](O)[C@@H](O)[C@@H]1O. The van der Waals surface area contributed by atoms with E-state index in [9.17, 15) is 67.9 Å². The van der Waals surface area contributed by atoms with Crippen LogP contribution in [0.4, 0.5) is 22.0 Å². The minimum Gasteiger partial charge on any atom is -0.489 e. The monoisotopic (exact) mass is 2050 g/mol. The fourth-order valence-corrected chi connectivity index (χ4v) is 24.0. The minimum absolute atomic E-state index is 0.00781. The van der Waals surface area contributed by atoms with Crippen LogP contribution in [-0.2, 0) is 54.1 Å². The molecule has 0 aliphatic carbocycles. The van der Waals surface area contributed by atoms with Gasteiger partial charge in [0, 0.05) is 92.2 Å². The van der Waals surface area contributed by atoms with E-state index in [-0.39, 0.29) is 65.3 Å². The summed E-state index contributed by atoms with van der Waals surface area (Å²) in [5.74, 6) is 0.720. The van der Waals surface area contributed by atoms with Gasteiger partial charge in [-0.25, -0.2) is 22.0 Å². The number of likely N-dealkylation sites (tertiary alicyclic amines) is 3. The molecule has 24 nitrogen and oxygen atoms in total. The first kappa shape index (κ1) is 109. The molecule has 32 heteroatoms. The number of ether oxygens (including phenoxy) is 9. The van der Waals surface area contributed by atoms with Crippen molar-refractivity contribution in [3.63, 3.8) is 0 Å². The highest BCUT2D eigenvalue weighted by atomic mass is 32.2. The Balaban J connectivity index is 0.000000155. The predicted octanol–water partition coefficient (Wildman–Crippen LogP) is 14.4. The van der Waals surface area contributed by atoms with E-state index >= 15 is 0 Å². The number of hydrogen-bond acceptors (Lipinski definition) is 27. The molecule has 0 unspecified atom stereocenters. The van der Waals surface area contributed by atoms with Crippen molar-refractivity contribution < 1.29 is 111 Å². The van der Waals surface area contributed by atoms with Gasteiger partial charge in [-0.3, -0.25) is 14.7 Å². The molecule has 0 radical (unpaired) electrons. The number of aryl methyl sites for hydroxylation is 3. The van der Waals surface area contributed by atoms with Crippen LogP contribution < -0.4 is 31.4 Å². The molecular weight excluding hydrogens is 1910 g/mol. The second kappa shape index (κ2) is 48.9. The number of aliphatic hydroxyl groups excluding tert-OH is 9. The van der Waals surface area contributed by atoms with Crippen LogP contribution in [0.25, 0.3) is 0 Å². The number of nitrogens with zero attached hydrogens (tertiary/aromatic N) is 3. The number of rotatable bonds is 27. The molecule has 18 rings (SSSR count). The smallest absolute Gasteiger partial charge is 0.132 e. The number of aliphatic hydroxyl groups is 9. The Bertz CT molecular complexity index is 5530. The van der Waals surface area contributed by atoms with Gasteiger partial charge >= 0.3 is 0 Å². The Hall–Kier alpha value is -7.76. The van der Waals surface area contributed by atoms with Crippen LogP contribution in [0.2, 0.25) is 0 Å². The molecule has 144 heavy (non-hydrogen) atoms. The zero-order chi connectivity index (χ0) is 102. The second-order valence-electron chi connectivity index (χ2n) is 40.8. The van der Waals surface area contributed by atoms with Crippen molar-refractivity contribution in [1.29, 1.82) is 0 Å². The van der Waals surface area contributed by atoms with Gasteiger partial charge in [0.05, 0.1) is 19.8 Å². The summed E-state index contributed by atoms with van der Waals surface area (Å²) in [4.78, 5) is 7.02. The van der Waals surface area contributed by atoms with Gasteiger partial charge in [-0.15, -0.1) is 35.3 Å². The molecule has 0 aromatic heterocycles. The largest absolute Gasteiger partial charge is 0.489 e. The average Bonchev–Trinajstić information content (AvgIpc) is 1.18. The van der Waals surface area contributed by atoms with E-state index in [2.05, 4.69) is 104 Å². The Kier molecular flexibility index (Phi) is 37.0.